The van der Waals surface area contributed by atoms with Gasteiger partial charge in [0.1, 0.15) is 0 Å². The molecule has 4 atom stereocenters. The molecule has 5 heteroatoms. The number of alkyl halides is 3. The van der Waals surface area contributed by atoms with Crippen molar-refractivity contribution in [3.63, 3.8) is 0 Å². The van der Waals surface area contributed by atoms with Gasteiger partial charge in [-0.3, -0.25) is 0 Å². The van der Waals surface area contributed by atoms with Gasteiger partial charge < -0.3 is 10.5 Å². The Morgan fingerprint density at radius 3 is 2.24 bits per heavy atom. The van der Waals surface area contributed by atoms with Crippen LogP contribution in [0.4, 0.5) is 13.2 Å². The molecule has 2 nitrogen and oxygen atoms in total. The van der Waals surface area contributed by atoms with Crippen molar-refractivity contribution < 1.29 is 17.9 Å². The van der Waals surface area contributed by atoms with Crippen LogP contribution in [-0.2, 0) is 4.74 Å². The fraction of sp³-hybridized carbons (Fsp3) is 1.00. The summed E-state index contributed by atoms with van der Waals surface area (Å²) >= 11 is 0. The minimum absolute atomic E-state index is 0.269. The standard InChI is InChI=1S/C12H22F3NO/c1-7(2)9-4-5-10(16)11(6-9)17-8(3)12(13,14)15/h7-11H,4-6,16H2,1-3H3. The largest absolute Gasteiger partial charge is 0.414 e. The van der Waals surface area contributed by atoms with Gasteiger partial charge in [0.2, 0.25) is 0 Å². The quantitative estimate of drug-likeness (QED) is 0.838. The van der Waals surface area contributed by atoms with Crippen LogP contribution in [0.5, 0.6) is 0 Å². The normalized spacial score (nSPS) is 32.8. The summed E-state index contributed by atoms with van der Waals surface area (Å²) in [6.07, 6.45) is -4.13. The van der Waals surface area contributed by atoms with Crippen LogP contribution in [0.2, 0.25) is 0 Å². The Kier molecular flexibility index (Phi) is 4.84. The van der Waals surface area contributed by atoms with Crippen molar-refractivity contribution in [3.8, 4) is 0 Å². The fourth-order valence-electron chi connectivity index (χ4n) is 2.28. The number of halogens is 3. The summed E-state index contributed by atoms with van der Waals surface area (Å²) in [7, 11) is 0. The Bertz CT molecular complexity index is 242. The molecule has 0 aromatic heterocycles. The van der Waals surface area contributed by atoms with Gasteiger partial charge in [-0.25, -0.2) is 0 Å². The molecule has 4 unspecified atom stereocenters. The first kappa shape index (κ1) is 14.8. The Balaban J connectivity index is 2.56. The lowest BCUT2D eigenvalue weighted by molar-refractivity contribution is -0.232. The summed E-state index contributed by atoms with van der Waals surface area (Å²) in [6, 6.07) is -0.269. The third-order valence-corrected chi connectivity index (χ3v) is 3.67. The maximum Gasteiger partial charge on any atom is 0.414 e. The monoisotopic (exact) mass is 253 g/mol. The molecule has 102 valence electrons. The second kappa shape index (κ2) is 5.57. The predicted molar refractivity (Wildman–Crippen MR) is 60.5 cm³/mol. The van der Waals surface area contributed by atoms with Gasteiger partial charge in [-0.15, -0.1) is 0 Å². The molecule has 2 N–H and O–H groups in total. The zero-order chi connectivity index (χ0) is 13.2. The number of hydrogen-bond acceptors (Lipinski definition) is 2. The van der Waals surface area contributed by atoms with Gasteiger partial charge in [0.05, 0.1) is 6.10 Å². The minimum Gasteiger partial charge on any atom is -0.364 e. The molecule has 0 aliphatic heterocycles. The molecule has 1 aliphatic rings. The molecule has 17 heavy (non-hydrogen) atoms. The Labute approximate surface area is 101 Å². The first-order chi connectivity index (χ1) is 7.71. The van der Waals surface area contributed by atoms with Crippen LogP contribution in [0.3, 0.4) is 0 Å². The molecule has 0 aromatic rings. The fourth-order valence-corrected chi connectivity index (χ4v) is 2.28. The van der Waals surface area contributed by atoms with E-state index in [0.29, 0.717) is 18.3 Å². The number of hydrogen-bond donors (Lipinski definition) is 1. The second-order valence-electron chi connectivity index (χ2n) is 5.34. The average molecular weight is 253 g/mol. The van der Waals surface area contributed by atoms with Crippen LogP contribution in [0.15, 0.2) is 0 Å². The van der Waals surface area contributed by atoms with Crippen LogP contribution in [0.25, 0.3) is 0 Å². The van der Waals surface area contributed by atoms with E-state index < -0.39 is 18.4 Å². The van der Waals surface area contributed by atoms with Crippen LogP contribution in [0, 0.1) is 11.8 Å². The highest BCUT2D eigenvalue weighted by atomic mass is 19.4. The second-order valence-corrected chi connectivity index (χ2v) is 5.34. The first-order valence-electron chi connectivity index (χ1n) is 6.19. The smallest absolute Gasteiger partial charge is 0.364 e. The summed E-state index contributed by atoms with van der Waals surface area (Å²) < 4.78 is 42.4. The van der Waals surface area contributed by atoms with E-state index in [-0.39, 0.29) is 6.04 Å². The molecule has 0 bridgehead atoms. The van der Waals surface area contributed by atoms with Crippen LogP contribution in [0.1, 0.15) is 40.0 Å². The van der Waals surface area contributed by atoms with Crippen molar-refractivity contribution in [2.24, 2.45) is 17.6 Å². The van der Waals surface area contributed by atoms with E-state index in [0.717, 1.165) is 19.8 Å². The van der Waals surface area contributed by atoms with Crippen molar-refractivity contribution >= 4 is 0 Å². The van der Waals surface area contributed by atoms with Crippen molar-refractivity contribution in [2.45, 2.75) is 64.5 Å². The summed E-state index contributed by atoms with van der Waals surface area (Å²) in [5.74, 6) is 0.884. The molecule has 0 saturated heterocycles. The SMILES string of the molecule is CC(C)C1CCC(N)C(OC(C)C(F)(F)F)C1. The molecule has 1 aliphatic carbocycles. The lowest BCUT2D eigenvalue weighted by atomic mass is 9.78. The van der Waals surface area contributed by atoms with E-state index in [1.165, 1.54) is 0 Å². The number of rotatable bonds is 3. The Morgan fingerprint density at radius 2 is 1.76 bits per heavy atom. The molecule has 1 rings (SSSR count). The molecule has 0 amide bonds. The van der Waals surface area contributed by atoms with Gasteiger partial charge in [-0.05, 0) is 38.0 Å². The molecule has 1 fully saturated rings. The Morgan fingerprint density at radius 1 is 1.18 bits per heavy atom. The van der Waals surface area contributed by atoms with Gasteiger partial charge in [-0.1, -0.05) is 13.8 Å². The van der Waals surface area contributed by atoms with Gasteiger partial charge in [0, 0.05) is 6.04 Å². The topological polar surface area (TPSA) is 35.2 Å². The van der Waals surface area contributed by atoms with E-state index in [1.54, 1.807) is 0 Å². The van der Waals surface area contributed by atoms with E-state index in [2.05, 4.69) is 13.8 Å². The summed E-state index contributed by atoms with van der Waals surface area (Å²) in [6.45, 7) is 5.23. The predicted octanol–water partition coefficient (Wildman–Crippen LogP) is 3.11. The summed E-state index contributed by atoms with van der Waals surface area (Å²) in [5, 5.41) is 0. The number of nitrogens with two attached hydrogens (primary N) is 1. The van der Waals surface area contributed by atoms with Gasteiger partial charge >= 0.3 is 6.18 Å². The zero-order valence-electron chi connectivity index (χ0n) is 10.6. The highest BCUT2D eigenvalue weighted by Gasteiger charge is 2.41. The zero-order valence-corrected chi connectivity index (χ0v) is 10.6. The molecule has 0 aromatic carbocycles. The third-order valence-electron chi connectivity index (χ3n) is 3.67. The van der Waals surface area contributed by atoms with Crippen molar-refractivity contribution in [1.82, 2.24) is 0 Å². The summed E-state index contributed by atoms with van der Waals surface area (Å²) in [5.41, 5.74) is 5.84. The van der Waals surface area contributed by atoms with Crippen LogP contribution < -0.4 is 5.73 Å². The average Bonchev–Trinajstić information content (AvgIpc) is 2.19. The maximum absolute atomic E-state index is 12.4. The van der Waals surface area contributed by atoms with Gasteiger partial charge in [0.25, 0.3) is 0 Å². The minimum atomic E-state index is -4.30. The molecular formula is C12H22F3NO. The van der Waals surface area contributed by atoms with E-state index in [1.807, 2.05) is 0 Å². The van der Waals surface area contributed by atoms with Gasteiger partial charge in [-0.2, -0.15) is 13.2 Å². The molecule has 0 spiro atoms. The molecule has 1 saturated carbocycles. The molecular weight excluding hydrogens is 231 g/mol. The molecule has 0 heterocycles. The van der Waals surface area contributed by atoms with Crippen molar-refractivity contribution in [2.75, 3.05) is 0 Å². The Hall–Kier alpha value is -0.290. The summed E-state index contributed by atoms with van der Waals surface area (Å²) in [4.78, 5) is 0. The highest BCUT2D eigenvalue weighted by Crippen LogP contribution is 2.33. The van der Waals surface area contributed by atoms with Crippen LogP contribution >= 0.6 is 0 Å². The first-order valence-corrected chi connectivity index (χ1v) is 6.19. The van der Waals surface area contributed by atoms with E-state index >= 15 is 0 Å². The lowest BCUT2D eigenvalue weighted by Gasteiger charge is -2.37. The van der Waals surface area contributed by atoms with Gasteiger partial charge in [0.15, 0.2) is 6.10 Å². The van der Waals surface area contributed by atoms with E-state index in [4.69, 9.17) is 10.5 Å². The van der Waals surface area contributed by atoms with Crippen molar-refractivity contribution in [1.29, 1.82) is 0 Å². The van der Waals surface area contributed by atoms with Crippen LogP contribution in [-0.4, -0.2) is 24.4 Å². The number of ether oxygens (including phenoxy) is 1. The molecule has 0 radical (unpaired) electrons. The lowest BCUT2D eigenvalue weighted by Crippen LogP contribution is -2.46. The van der Waals surface area contributed by atoms with E-state index in [9.17, 15) is 13.2 Å². The van der Waals surface area contributed by atoms with Crippen molar-refractivity contribution in [3.05, 3.63) is 0 Å². The highest BCUT2D eigenvalue weighted by molar-refractivity contribution is 4.85. The third kappa shape index (κ3) is 4.14. The maximum atomic E-state index is 12.4.